The van der Waals surface area contributed by atoms with Gasteiger partial charge in [-0.3, -0.25) is 0 Å². The van der Waals surface area contributed by atoms with E-state index >= 15 is 0 Å². The summed E-state index contributed by atoms with van der Waals surface area (Å²) < 4.78 is 11.0. The SMILES string of the molecule is COc1cccc(C(Cc2ccccc2)NCC(C)O)c1OC.Cl. The van der Waals surface area contributed by atoms with E-state index in [4.69, 9.17) is 9.47 Å². The van der Waals surface area contributed by atoms with Crippen molar-refractivity contribution in [3.05, 3.63) is 59.7 Å². The molecule has 0 spiro atoms. The topological polar surface area (TPSA) is 50.7 Å². The summed E-state index contributed by atoms with van der Waals surface area (Å²) in [6.45, 7) is 2.28. The van der Waals surface area contributed by atoms with Crippen LogP contribution in [0.25, 0.3) is 0 Å². The fourth-order valence-corrected chi connectivity index (χ4v) is 2.64. The van der Waals surface area contributed by atoms with Crippen LogP contribution < -0.4 is 14.8 Å². The van der Waals surface area contributed by atoms with E-state index in [0.717, 1.165) is 17.7 Å². The van der Waals surface area contributed by atoms with E-state index in [-0.39, 0.29) is 18.4 Å². The number of hydrogen-bond donors (Lipinski definition) is 2. The molecule has 2 aromatic rings. The number of benzene rings is 2. The van der Waals surface area contributed by atoms with Crippen LogP contribution in [0.1, 0.15) is 24.1 Å². The molecule has 2 rings (SSSR count). The van der Waals surface area contributed by atoms with Crippen LogP contribution >= 0.6 is 12.4 Å². The molecular weight excluding hydrogens is 326 g/mol. The molecule has 0 aliphatic carbocycles. The number of rotatable bonds is 8. The van der Waals surface area contributed by atoms with Gasteiger partial charge in [0.15, 0.2) is 11.5 Å². The molecule has 2 aromatic carbocycles. The Bertz CT molecular complexity index is 605. The molecule has 2 N–H and O–H groups in total. The molecule has 0 fully saturated rings. The first-order chi connectivity index (χ1) is 11.2. The summed E-state index contributed by atoms with van der Waals surface area (Å²) >= 11 is 0. The molecule has 132 valence electrons. The third-order valence-corrected chi connectivity index (χ3v) is 3.75. The fraction of sp³-hybridized carbons (Fsp3) is 0.368. The molecule has 0 radical (unpaired) electrons. The predicted octanol–water partition coefficient (Wildman–Crippen LogP) is 3.38. The first-order valence-corrected chi connectivity index (χ1v) is 7.82. The van der Waals surface area contributed by atoms with Crippen molar-refractivity contribution in [2.75, 3.05) is 20.8 Å². The summed E-state index contributed by atoms with van der Waals surface area (Å²) in [5.41, 5.74) is 2.25. The molecule has 24 heavy (non-hydrogen) atoms. The van der Waals surface area contributed by atoms with Gasteiger partial charge in [0.2, 0.25) is 0 Å². The molecule has 2 unspecified atom stereocenters. The first kappa shape index (κ1) is 20.3. The van der Waals surface area contributed by atoms with Crippen LogP contribution in [-0.2, 0) is 6.42 Å². The third-order valence-electron chi connectivity index (χ3n) is 3.75. The van der Waals surface area contributed by atoms with Crippen molar-refractivity contribution in [2.45, 2.75) is 25.5 Å². The summed E-state index contributed by atoms with van der Waals surface area (Å²) in [7, 11) is 3.28. The highest BCUT2D eigenvalue weighted by Crippen LogP contribution is 2.35. The number of halogens is 1. The number of ether oxygens (including phenoxy) is 2. The molecule has 0 aromatic heterocycles. The normalized spacial score (nSPS) is 12.8. The van der Waals surface area contributed by atoms with Crippen LogP contribution in [0, 0.1) is 0 Å². The number of nitrogens with one attached hydrogen (secondary N) is 1. The molecule has 0 aliphatic rings. The highest BCUT2D eigenvalue weighted by molar-refractivity contribution is 5.85. The van der Waals surface area contributed by atoms with Crippen molar-refractivity contribution in [1.82, 2.24) is 5.32 Å². The molecular formula is C19H26ClNO3. The van der Waals surface area contributed by atoms with Crippen LogP contribution in [-0.4, -0.2) is 32.0 Å². The largest absolute Gasteiger partial charge is 0.493 e. The lowest BCUT2D eigenvalue weighted by atomic mass is 9.97. The zero-order valence-corrected chi connectivity index (χ0v) is 15.2. The van der Waals surface area contributed by atoms with E-state index in [2.05, 4.69) is 17.4 Å². The van der Waals surface area contributed by atoms with Crippen LogP contribution in [0.15, 0.2) is 48.5 Å². The van der Waals surface area contributed by atoms with Crippen molar-refractivity contribution in [2.24, 2.45) is 0 Å². The second-order valence-electron chi connectivity index (χ2n) is 5.58. The lowest BCUT2D eigenvalue weighted by molar-refractivity contribution is 0.185. The molecule has 0 bridgehead atoms. The predicted molar refractivity (Wildman–Crippen MR) is 99.4 cm³/mol. The number of para-hydroxylation sites is 1. The molecule has 0 amide bonds. The van der Waals surface area contributed by atoms with E-state index in [1.807, 2.05) is 36.4 Å². The van der Waals surface area contributed by atoms with Gasteiger partial charge >= 0.3 is 0 Å². The number of methoxy groups -OCH3 is 2. The van der Waals surface area contributed by atoms with Gasteiger partial charge in [-0.15, -0.1) is 12.4 Å². The highest BCUT2D eigenvalue weighted by Gasteiger charge is 2.19. The van der Waals surface area contributed by atoms with Gasteiger partial charge in [0, 0.05) is 18.2 Å². The van der Waals surface area contributed by atoms with Gasteiger partial charge in [-0.1, -0.05) is 42.5 Å². The standard InChI is InChI=1S/C19H25NO3.ClH/c1-14(21)13-20-17(12-15-8-5-4-6-9-15)16-10-7-11-18(22-2)19(16)23-3;/h4-11,14,17,20-21H,12-13H2,1-3H3;1H. The summed E-state index contributed by atoms with van der Waals surface area (Å²) in [4.78, 5) is 0. The van der Waals surface area contributed by atoms with Gasteiger partial charge in [-0.05, 0) is 25.0 Å². The first-order valence-electron chi connectivity index (χ1n) is 7.82. The highest BCUT2D eigenvalue weighted by atomic mass is 35.5. The smallest absolute Gasteiger partial charge is 0.165 e. The Hall–Kier alpha value is -1.75. The maximum atomic E-state index is 9.62. The summed E-state index contributed by atoms with van der Waals surface area (Å²) in [5, 5.41) is 13.0. The summed E-state index contributed by atoms with van der Waals surface area (Å²) in [6, 6.07) is 16.2. The van der Waals surface area contributed by atoms with Crippen molar-refractivity contribution in [3.63, 3.8) is 0 Å². The Kier molecular flexibility index (Phi) is 8.61. The number of hydrogen-bond acceptors (Lipinski definition) is 4. The average molecular weight is 352 g/mol. The maximum absolute atomic E-state index is 9.62. The molecule has 2 atom stereocenters. The van der Waals surface area contributed by atoms with E-state index in [0.29, 0.717) is 12.3 Å². The van der Waals surface area contributed by atoms with Crippen molar-refractivity contribution >= 4 is 12.4 Å². The average Bonchev–Trinajstić information content (AvgIpc) is 2.58. The Labute approximate surface area is 150 Å². The zero-order chi connectivity index (χ0) is 16.7. The summed E-state index contributed by atoms with van der Waals surface area (Å²) in [6.07, 6.45) is 0.391. The van der Waals surface area contributed by atoms with Gasteiger partial charge in [0.05, 0.1) is 20.3 Å². The minimum atomic E-state index is -0.412. The van der Waals surface area contributed by atoms with Gasteiger partial charge in [0.1, 0.15) is 0 Å². The maximum Gasteiger partial charge on any atom is 0.165 e. The van der Waals surface area contributed by atoms with E-state index in [1.54, 1.807) is 21.1 Å². The third kappa shape index (κ3) is 5.41. The monoisotopic (exact) mass is 351 g/mol. The second-order valence-corrected chi connectivity index (χ2v) is 5.58. The van der Waals surface area contributed by atoms with Crippen LogP contribution in [0.5, 0.6) is 11.5 Å². The van der Waals surface area contributed by atoms with Crippen LogP contribution in [0.4, 0.5) is 0 Å². The van der Waals surface area contributed by atoms with E-state index < -0.39 is 6.10 Å². The van der Waals surface area contributed by atoms with Gasteiger partial charge in [-0.25, -0.2) is 0 Å². The summed E-state index contributed by atoms with van der Waals surface area (Å²) in [5.74, 6) is 1.44. The Morgan fingerprint density at radius 1 is 1.00 bits per heavy atom. The molecule has 0 aliphatic heterocycles. The fourth-order valence-electron chi connectivity index (χ4n) is 2.64. The van der Waals surface area contributed by atoms with Gasteiger partial charge in [-0.2, -0.15) is 0 Å². The molecule has 4 nitrogen and oxygen atoms in total. The van der Waals surface area contributed by atoms with Crippen molar-refractivity contribution in [1.29, 1.82) is 0 Å². The number of aliphatic hydroxyl groups is 1. The van der Waals surface area contributed by atoms with Gasteiger partial charge < -0.3 is 19.9 Å². The molecule has 5 heteroatoms. The minimum Gasteiger partial charge on any atom is -0.493 e. The quantitative estimate of drug-likeness (QED) is 0.765. The van der Waals surface area contributed by atoms with Crippen LogP contribution in [0.3, 0.4) is 0 Å². The molecule has 0 saturated carbocycles. The van der Waals surface area contributed by atoms with E-state index in [9.17, 15) is 5.11 Å². The lowest BCUT2D eigenvalue weighted by Gasteiger charge is -2.23. The minimum absolute atomic E-state index is 0. The van der Waals surface area contributed by atoms with Crippen molar-refractivity contribution < 1.29 is 14.6 Å². The number of aliphatic hydroxyl groups excluding tert-OH is 1. The Balaban J connectivity index is 0.00000288. The zero-order valence-electron chi connectivity index (χ0n) is 14.4. The molecule has 0 saturated heterocycles. The molecule has 0 heterocycles. The van der Waals surface area contributed by atoms with Crippen molar-refractivity contribution in [3.8, 4) is 11.5 Å². The Morgan fingerprint density at radius 2 is 1.71 bits per heavy atom. The van der Waals surface area contributed by atoms with Crippen LogP contribution in [0.2, 0.25) is 0 Å². The second kappa shape index (κ2) is 10.2. The lowest BCUT2D eigenvalue weighted by Crippen LogP contribution is -2.30. The Morgan fingerprint density at radius 3 is 2.29 bits per heavy atom. The van der Waals surface area contributed by atoms with E-state index in [1.165, 1.54) is 5.56 Å². The van der Waals surface area contributed by atoms with Gasteiger partial charge in [0.25, 0.3) is 0 Å².